The predicted molar refractivity (Wildman–Crippen MR) is 73.0 cm³/mol. The summed E-state index contributed by atoms with van der Waals surface area (Å²) in [4.78, 5) is 22.6. The van der Waals surface area contributed by atoms with Gasteiger partial charge in [-0.25, -0.2) is 0 Å². The first-order valence-corrected chi connectivity index (χ1v) is 6.74. The molecule has 0 spiro atoms. The van der Waals surface area contributed by atoms with Crippen molar-refractivity contribution in [2.24, 2.45) is 5.92 Å². The minimum atomic E-state index is -0.892. The lowest BCUT2D eigenvalue weighted by Crippen LogP contribution is -2.18. The van der Waals surface area contributed by atoms with E-state index < -0.39 is 5.97 Å². The highest BCUT2D eigenvalue weighted by atomic mass is 16.4. The van der Waals surface area contributed by atoms with E-state index in [9.17, 15) is 9.59 Å². The second-order valence-corrected chi connectivity index (χ2v) is 5.11. The normalized spacial score (nSPS) is 14.7. The van der Waals surface area contributed by atoms with Gasteiger partial charge in [0.2, 0.25) is 5.91 Å². The number of carbonyl (C=O) groups is 2. The maximum absolute atomic E-state index is 11.8. The number of nitrogens with one attached hydrogen (secondary N) is 1. The van der Waals surface area contributed by atoms with Crippen LogP contribution in [0.25, 0.3) is 0 Å². The van der Waals surface area contributed by atoms with E-state index in [1.54, 1.807) is 24.3 Å². The van der Waals surface area contributed by atoms with Crippen molar-refractivity contribution in [3.8, 4) is 0 Å². The van der Waals surface area contributed by atoms with Crippen LogP contribution in [0.2, 0.25) is 0 Å². The van der Waals surface area contributed by atoms with Crippen molar-refractivity contribution in [2.75, 3.05) is 5.32 Å². The molecule has 0 heterocycles. The van der Waals surface area contributed by atoms with Crippen LogP contribution in [0, 0.1) is 5.92 Å². The highest BCUT2D eigenvalue weighted by Gasteiger charge is 2.18. The molecule has 1 aromatic carbocycles. The van der Waals surface area contributed by atoms with E-state index in [0.717, 1.165) is 6.42 Å². The zero-order valence-corrected chi connectivity index (χ0v) is 10.9. The summed E-state index contributed by atoms with van der Waals surface area (Å²) in [5, 5.41) is 11.6. The number of hydrogen-bond acceptors (Lipinski definition) is 2. The molecule has 4 heteroatoms. The second kappa shape index (κ2) is 6.36. The molecule has 1 amide bonds. The lowest BCUT2D eigenvalue weighted by molar-refractivity contribution is -0.136. The topological polar surface area (TPSA) is 66.4 Å². The third-order valence-corrected chi connectivity index (χ3v) is 3.64. The molecule has 0 bridgehead atoms. The fourth-order valence-corrected chi connectivity index (χ4v) is 2.29. The van der Waals surface area contributed by atoms with Crippen molar-refractivity contribution < 1.29 is 14.7 Å². The molecule has 4 nitrogen and oxygen atoms in total. The van der Waals surface area contributed by atoms with Crippen molar-refractivity contribution in [1.82, 2.24) is 0 Å². The molecule has 0 radical (unpaired) electrons. The Hall–Kier alpha value is -1.84. The molecule has 1 aromatic rings. The molecule has 1 fully saturated rings. The van der Waals surface area contributed by atoms with E-state index >= 15 is 0 Å². The minimum absolute atomic E-state index is 0.0234. The highest BCUT2D eigenvalue weighted by Crippen LogP contribution is 2.30. The van der Waals surface area contributed by atoms with Gasteiger partial charge in [-0.3, -0.25) is 9.59 Å². The summed E-state index contributed by atoms with van der Waals surface area (Å²) < 4.78 is 0. The molecule has 0 aliphatic heterocycles. The second-order valence-electron chi connectivity index (χ2n) is 5.11. The number of hydrogen-bond donors (Lipinski definition) is 2. The van der Waals surface area contributed by atoms with Crippen LogP contribution in [0.4, 0.5) is 5.69 Å². The van der Waals surface area contributed by atoms with Gasteiger partial charge in [0.1, 0.15) is 0 Å². The molecule has 0 saturated heterocycles. The van der Waals surface area contributed by atoms with Gasteiger partial charge in [0.25, 0.3) is 0 Å². The third kappa shape index (κ3) is 4.09. The lowest BCUT2D eigenvalue weighted by atomic mass is 9.82. The number of aliphatic carboxylic acids is 1. The van der Waals surface area contributed by atoms with Gasteiger partial charge in [0, 0.05) is 12.1 Å². The Morgan fingerprint density at radius 2 is 2.00 bits per heavy atom. The molecular weight excluding hydrogens is 242 g/mol. The Labute approximate surface area is 112 Å². The number of rotatable bonds is 6. The first-order chi connectivity index (χ1) is 9.15. The third-order valence-electron chi connectivity index (χ3n) is 3.64. The Balaban J connectivity index is 1.89. The fourth-order valence-electron chi connectivity index (χ4n) is 2.29. The van der Waals surface area contributed by atoms with Gasteiger partial charge in [-0.05, 0) is 24.0 Å². The predicted octanol–water partition coefficient (Wildman–Crippen LogP) is 2.83. The zero-order valence-electron chi connectivity index (χ0n) is 10.9. The lowest BCUT2D eigenvalue weighted by Gasteiger charge is -2.24. The van der Waals surface area contributed by atoms with Crippen LogP contribution in [0.1, 0.15) is 37.7 Å². The molecule has 1 aliphatic carbocycles. The first-order valence-electron chi connectivity index (χ1n) is 6.74. The minimum Gasteiger partial charge on any atom is -0.481 e. The molecule has 0 aromatic heterocycles. The van der Waals surface area contributed by atoms with Gasteiger partial charge in [0.05, 0.1) is 6.42 Å². The summed E-state index contributed by atoms with van der Waals surface area (Å²) in [5.74, 6) is -0.207. The van der Waals surface area contributed by atoms with Crippen LogP contribution in [0.5, 0.6) is 0 Å². The monoisotopic (exact) mass is 261 g/mol. The average molecular weight is 261 g/mol. The van der Waals surface area contributed by atoms with E-state index in [1.165, 1.54) is 19.3 Å². The number of carboxylic acid groups (broad SMARTS) is 1. The van der Waals surface area contributed by atoms with Crippen molar-refractivity contribution in [1.29, 1.82) is 0 Å². The standard InChI is InChI=1S/C15H19NO3/c17-14(9-8-11-4-3-5-11)16-13-7-2-1-6-12(13)10-15(18)19/h1-2,6-7,11H,3-5,8-10H2,(H,16,17)(H,18,19). The van der Waals surface area contributed by atoms with Gasteiger partial charge in [-0.1, -0.05) is 37.5 Å². The van der Waals surface area contributed by atoms with Crippen LogP contribution >= 0.6 is 0 Å². The number of benzene rings is 1. The summed E-state index contributed by atoms with van der Waals surface area (Å²) in [5.41, 5.74) is 1.26. The van der Waals surface area contributed by atoms with Crippen LogP contribution in [0.3, 0.4) is 0 Å². The van der Waals surface area contributed by atoms with E-state index in [2.05, 4.69) is 5.32 Å². The van der Waals surface area contributed by atoms with Crippen LogP contribution in [-0.4, -0.2) is 17.0 Å². The maximum Gasteiger partial charge on any atom is 0.307 e. The molecule has 0 unspecified atom stereocenters. The van der Waals surface area contributed by atoms with E-state index in [1.807, 2.05) is 0 Å². The summed E-state index contributed by atoms with van der Waals surface area (Å²) >= 11 is 0. The van der Waals surface area contributed by atoms with Gasteiger partial charge < -0.3 is 10.4 Å². The van der Waals surface area contributed by atoms with E-state index in [-0.39, 0.29) is 12.3 Å². The van der Waals surface area contributed by atoms with Gasteiger partial charge in [-0.15, -0.1) is 0 Å². The quantitative estimate of drug-likeness (QED) is 0.827. The Morgan fingerprint density at radius 3 is 2.63 bits per heavy atom. The van der Waals surface area contributed by atoms with Gasteiger partial charge >= 0.3 is 5.97 Å². The molecule has 19 heavy (non-hydrogen) atoms. The number of anilines is 1. The Kier molecular flexibility index (Phi) is 4.55. The molecule has 1 aliphatic rings. The van der Waals surface area contributed by atoms with Crippen LogP contribution in [0.15, 0.2) is 24.3 Å². The maximum atomic E-state index is 11.8. The van der Waals surface area contributed by atoms with Crippen LogP contribution < -0.4 is 5.32 Å². The summed E-state index contributed by atoms with van der Waals surface area (Å²) in [6.07, 6.45) is 5.15. The highest BCUT2D eigenvalue weighted by molar-refractivity contribution is 5.92. The molecule has 1 saturated carbocycles. The smallest absolute Gasteiger partial charge is 0.307 e. The Bertz CT molecular complexity index is 466. The van der Waals surface area contributed by atoms with Crippen molar-refractivity contribution in [3.63, 3.8) is 0 Å². The number of amides is 1. The van der Waals surface area contributed by atoms with Gasteiger partial charge in [-0.2, -0.15) is 0 Å². The molecule has 102 valence electrons. The number of carboxylic acids is 1. The molecular formula is C15H19NO3. The molecule has 2 N–H and O–H groups in total. The van der Waals surface area contributed by atoms with Crippen LogP contribution in [-0.2, 0) is 16.0 Å². The van der Waals surface area contributed by atoms with E-state index in [0.29, 0.717) is 23.6 Å². The molecule has 0 atom stereocenters. The zero-order chi connectivity index (χ0) is 13.7. The SMILES string of the molecule is O=C(O)Cc1ccccc1NC(=O)CCC1CCC1. The Morgan fingerprint density at radius 1 is 1.26 bits per heavy atom. The van der Waals surface area contributed by atoms with Crippen molar-refractivity contribution >= 4 is 17.6 Å². The fraction of sp³-hybridized carbons (Fsp3) is 0.467. The average Bonchev–Trinajstić information content (AvgIpc) is 2.29. The number of para-hydroxylation sites is 1. The first kappa shape index (κ1) is 13.6. The molecule has 2 rings (SSSR count). The van der Waals surface area contributed by atoms with Gasteiger partial charge in [0.15, 0.2) is 0 Å². The summed E-state index contributed by atoms with van der Waals surface area (Å²) in [6, 6.07) is 7.06. The number of carbonyl (C=O) groups excluding carboxylic acids is 1. The summed E-state index contributed by atoms with van der Waals surface area (Å²) in [7, 11) is 0. The van der Waals surface area contributed by atoms with Crippen molar-refractivity contribution in [2.45, 2.75) is 38.5 Å². The largest absolute Gasteiger partial charge is 0.481 e. The van der Waals surface area contributed by atoms with E-state index in [4.69, 9.17) is 5.11 Å². The summed E-state index contributed by atoms with van der Waals surface area (Å²) in [6.45, 7) is 0. The van der Waals surface area contributed by atoms with Crippen molar-refractivity contribution in [3.05, 3.63) is 29.8 Å².